The lowest BCUT2D eigenvalue weighted by Gasteiger charge is -2.19. The summed E-state index contributed by atoms with van der Waals surface area (Å²) in [7, 11) is 0. The highest BCUT2D eigenvalue weighted by molar-refractivity contribution is 5.73. The van der Waals surface area contributed by atoms with Crippen LogP contribution in [-0.2, 0) is 11.3 Å². The fourth-order valence-corrected chi connectivity index (χ4v) is 2.58. The Balaban J connectivity index is 1.73. The Morgan fingerprint density at radius 3 is 2.90 bits per heavy atom. The van der Waals surface area contributed by atoms with E-state index in [1.54, 1.807) is 4.68 Å². The van der Waals surface area contributed by atoms with E-state index >= 15 is 0 Å². The third-order valence-corrected chi connectivity index (χ3v) is 3.58. The minimum atomic E-state index is -0.752. The molecule has 0 amide bonds. The van der Waals surface area contributed by atoms with Crippen molar-refractivity contribution in [2.24, 2.45) is 0 Å². The van der Waals surface area contributed by atoms with Gasteiger partial charge in [-0.2, -0.15) is 0 Å². The molecule has 1 N–H and O–H groups in total. The number of carboxylic acids is 1. The Morgan fingerprint density at radius 1 is 1.35 bits per heavy atom. The van der Waals surface area contributed by atoms with Gasteiger partial charge in [-0.05, 0) is 31.5 Å². The van der Waals surface area contributed by atoms with Crippen LogP contribution in [0.15, 0.2) is 36.5 Å². The molecule has 6 heteroatoms. The van der Waals surface area contributed by atoms with Crippen molar-refractivity contribution in [2.75, 3.05) is 6.54 Å². The third-order valence-electron chi connectivity index (χ3n) is 3.58. The van der Waals surface area contributed by atoms with Crippen LogP contribution in [0.3, 0.4) is 0 Å². The lowest BCUT2D eigenvalue weighted by molar-refractivity contribution is -0.142. The number of para-hydroxylation sites is 1. The van der Waals surface area contributed by atoms with E-state index in [0.717, 1.165) is 24.3 Å². The molecule has 1 aliphatic rings. The summed E-state index contributed by atoms with van der Waals surface area (Å²) in [6.07, 6.45) is 3.48. The van der Waals surface area contributed by atoms with Gasteiger partial charge in [0.25, 0.3) is 0 Å². The van der Waals surface area contributed by atoms with Crippen molar-refractivity contribution < 1.29 is 9.90 Å². The van der Waals surface area contributed by atoms with Gasteiger partial charge in [0.15, 0.2) is 0 Å². The van der Waals surface area contributed by atoms with Crippen molar-refractivity contribution in [3.8, 4) is 5.69 Å². The first-order chi connectivity index (χ1) is 9.74. The minimum absolute atomic E-state index is 0.392. The first-order valence-electron chi connectivity index (χ1n) is 6.67. The zero-order valence-electron chi connectivity index (χ0n) is 11.0. The smallest absolute Gasteiger partial charge is 0.320 e. The summed E-state index contributed by atoms with van der Waals surface area (Å²) in [6, 6.07) is 9.35. The Bertz CT molecular complexity index is 596. The number of aromatic nitrogens is 3. The van der Waals surface area contributed by atoms with Crippen molar-refractivity contribution in [3.05, 3.63) is 42.2 Å². The molecule has 1 unspecified atom stereocenters. The third kappa shape index (κ3) is 2.55. The van der Waals surface area contributed by atoms with E-state index in [1.165, 1.54) is 0 Å². The maximum Gasteiger partial charge on any atom is 0.320 e. The van der Waals surface area contributed by atoms with Gasteiger partial charge in [0.05, 0.1) is 17.6 Å². The van der Waals surface area contributed by atoms with E-state index in [-0.39, 0.29) is 0 Å². The summed E-state index contributed by atoms with van der Waals surface area (Å²) >= 11 is 0. The van der Waals surface area contributed by atoms with Crippen LogP contribution in [0.5, 0.6) is 0 Å². The fraction of sp³-hybridized carbons (Fsp3) is 0.357. The van der Waals surface area contributed by atoms with Crippen molar-refractivity contribution in [3.63, 3.8) is 0 Å². The number of carbonyl (C=O) groups is 1. The molecule has 104 valence electrons. The Hall–Kier alpha value is -2.21. The van der Waals surface area contributed by atoms with E-state index in [2.05, 4.69) is 10.3 Å². The SMILES string of the molecule is O=C(O)C1CCCN1Cc1cn(-c2ccccc2)nn1. The van der Waals surface area contributed by atoms with E-state index in [0.29, 0.717) is 13.0 Å². The van der Waals surface area contributed by atoms with Crippen LogP contribution in [0.4, 0.5) is 0 Å². The largest absolute Gasteiger partial charge is 0.480 e. The molecule has 2 heterocycles. The number of rotatable bonds is 4. The first kappa shape index (κ1) is 12.8. The summed E-state index contributed by atoms with van der Waals surface area (Å²) in [5, 5.41) is 17.4. The normalized spacial score (nSPS) is 19.3. The number of aliphatic carboxylic acids is 1. The van der Waals surface area contributed by atoms with E-state index < -0.39 is 12.0 Å². The molecule has 1 aliphatic heterocycles. The van der Waals surface area contributed by atoms with Gasteiger partial charge in [-0.15, -0.1) is 5.10 Å². The van der Waals surface area contributed by atoms with Gasteiger partial charge in [0, 0.05) is 6.54 Å². The van der Waals surface area contributed by atoms with E-state index in [4.69, 9.17) is 5.11 Å². The quantitative estimate of drug-likeness (QED) is 0.908. The van der Waals surface area contributed by atoms with Crippen molar-refractivity contribution in [1.82, 2.24) is 19.9 Å². The average molecular weight is 272 g/mol. The van der Waals surface area contributed by atoms with Crippen LogP contribution in [-0.4, -0.2) is 43.6 Å². The van der Waals surface area contributed by atoms with E-state index in [9.17, 15) is 4.79 Å². The zero-order valence-corrected chi connectivity index (χ0v) is 11.0. The molecule has 1 fully saturated rings. The average Bonchev–Trinajstić information content (AvgIpc) is 3.09. The van der Waals surface area contributed by atoms with Gasteiger partial charge in [0.2, 0.25) is 0 Å². The van der Waals surface area contributed by atoms with Crippen LogP contribution in [0.1, 0.15) is 18.5 Å². The monoisotopic (exact) mass is 272 g/mol. The second-order valence-corrected chi connectivity index (χ2v) is 4.96. The highest BCUT2D eigenvalue weighted by Crippen LogP contribution is 2.19. The Kier molecular flexibility index (Phi) is 3.47. The van der Waals surface area contributed by atoms with Crippen LogP contribution >= 0.6 is 0 Å². The minimum Gasteiger partial charge on any atom is -0.480 e. The summed E-state index contributed by atoms with van der Waals surface area (Å²) in [5.41, 5.74) is 1.74. The van der Waals surface area contributed by atoms with Gasteiger partial charge in [0.1, 0.15) is 6.04 Å². The van der Waals surface area contributed by atoms with Gasteiger partial charge in [-0.3, -0.25) is 9.69 Å². The summed E-state index contributed by atoms with van der Waals surface area (Å²) in [5.74, 6) is -0.752. The second kappa shape index (κ2) is 5.42. The van der Waals surface area contributed by atoms with Crippen LogP contribution in [0.25, 0.3) is 5.69 Å². The molecule has 0 spiro atoms. The maximum absolute atomic E-state index is 11.1. The molecule has 0 saturated carbocycles. The van der Waals surface area contributed by atoms with Gasteiger partial charge in [-0.1, -0.05) is 23.4 Å². The molecule has 20 heavy (non-hydrogen) atoms. The predicted molar refractivity (Wildman–Crippen MR) is 72.4 cm³/mol. The lowest BCUT2D eigenvalue weighted by Crippen LogP contribution is -2.35. The highest BCUT2D eigenvalue weighted by atomic mass is 16.4. The topological polar surface area (TPSA) is 71.2 Å². The molecule has 0 radical (unpaired) electrons. The Morgan fingerprint density at radius 2 is 2.15 bits per heavy atom. The van der Waals surface area contributed by atoms with Crippen LogP contribution < -0.4 is 0 Å². The standard InChI is InChI=1S/C14H16N4O2/c19-14(20)13-7-4-8-17(13)9-11-10-18(16-15-11)12-5-2-1-3-6-12/h1-3,5-6,10,13H,4,7-9H2,(H,19,20). The van der Waals surface area contributed by atoms with Crippen LogP contribution in [0, 0.1) is 0 Å². The second-order valence-electron chi connectivity index (χ2n) is 4.96. The van der Waals surface area contributed by atoms with Gasteiger partial charge >= 0.3 is 5.97 Å². The fourth-order valence-electron chi connectivity index (χ4n) is 2.58. The van der Waals surface area contributed by atoms with Crippen molar-refractivity contribution in [2.45, 2.75) is 25.4 Å². The molecule has 1 atom stereocenters. The van der Waals surface area contributed by atoms with Gasteiger partial charge < -0.3 is 5.11 Å². The predicted octanol–water partition coefficient (Wildman–Crippen LogP) is 1.32. The molecule has 1 saturated heterocycles. The Labute approximate surface area is 116 Å². The molecule has 1 aromatic heterocycles. The molecule has 6 nitrogen and oxygen atoms in total. The molecular weight excluding hydrogens is 256 g/mol. The number of likely N-dealkylation sites (tertiary alicyclic amines) is 1. The molecule has 0 bridgehead atoms. The first-order valence-corrected chi connectivity index (χ1v) is 6.67. The molecule has 1 aromatic carbocycles. The molecule has 3 rings (SSSR count). The van der Waals surface area contributed by atoms with E-state index in [1.807, 2.05) is 41.4 Å². The summed E-state index contributed by atoms with van der Waals surface area (Å²) in [4.78, 5) is 13.1. The van der Waals surface area contributed by atoms with Gasteiger partial charge in [-0.25, -0.2) is 4.68 Å². The van der Waals surface area contributed by atoms with Crippen molar-refractivity contribution in [1.29, 1.82) is 0 Å². The number of carboxylic acid groups (broad SMARTS) is 1. The summed E-state index contributed by atoms with van der Waals surface area (Å²) < 4.78 is 1.71. The molecule has 2 aromatic rings. The molecule has 0 aliphatic carbocycles. The number of benzene rings is 1. The van der Waals surface area contributed by atoms with Crippen LogP contribution in [0.2, 0.25) is 0 Å². The number of hydrogen-bond donors (Lipinski definition) is 1. The summed E-state index contributed by atoms with van der Waals surface area (Å²) in [6.45, 7) is 1.33. The maximum atomic E-state index is 11.1. The lowest BCUT2D eigenvalue weighted by atomic mass is 10.2. The zero-order chi connectivity index (χ0) is 13.9. The number of hydrogen-bond acceptors (Lipinski definition) is 4. The number of nitrogens with zero attached hydrogens (tertiary/aromatic N) is 4. The molecular formula is C14H16N4O2. The van der Waals surface area contributed by atoms with Crippen molar-refractivity contribution >= 4 is 5.97 Å². The highest BCUT2D eigenvalue weighted by Gasteiger charge is 2.30.